The molecule has 0 saturated heterocycles. The van der Waals surface area contributed by atoms with Crippen LogP contribution in [0.1, 0.15) is 51.4 Å². The lowest BCUT2D eigenvalue weighted by Gasteiger charge is -2.06. The van der Waals surface area contributed by atoms with Crippen LogP contribution in [0.5, 0.6) is 0 Å². The topological polar surface area (TPSA) is 84.5 Å². The maximum Gasteiger partial charge on any atom is 0.341 e. The quantitative estimate of drug-likeness (QED) is 0.727. The van der Waals surface area contributed by atoms with E-state index in [1.807, 2.05) is 30.3 Å². The Morgan fingerprint density at radius 3 is 2.42 bits per heavy atom. The number of nitrogens with one attached hydrogen (secondary N) is 2. The fourth-order valence-electron chi connectivity index (χ4n) is 2.34. The van der Waals surface area contributed by atoms with Gasteiger partial charge in [0, 0.05) is 13.0 Å². The van der Waals surface area contributed by atoms with Gasteiger partial charge in [0.25, 0.3) is 5.91 Å². The molecule has 1 aromatic carbocycles. The standard InChI is InChI=1S/C19H22N2O4S/c1-4-14(22)21-18-15(19(24)25-5-2)12(3)16(26-18)17(23)20-11-13-9-7-6-8-10-13/h6-10H,4-5,11H2,1-3H3,(H,20,23)(H,21,22). The van der Waals surface area contributed by atoms with Gasteiger partial charge in [0.05, 0.1) is 17.0 Å². The van der Waals surface area contributed by atoms with Crippen LogP contribution in [-0.4, -0.2) is 24.4 Å². The van der Waals surface area contributed by atoms with E-state index in [0.717, 1.165) is 16.9 Å². The Kier molecular flexibility index (Phi) is 6.91. The third kappa shape index (κ3) is 4.70. The first-order valence-electron chi connectivity index (χ1n) is 8.40. The van der Waals surface area contributed by atoms with Gasteiger partial charge in [-0.25, -0.2) is 4.79 Å². The molecule has 0 aliphatic rings. The van der Waals surface area contributed by atoms with Crippen LogP contribution >= 0.6 is 11.3 Å². The maximum atomic E-state index is 12.6. The summed E-state index contributed by atoms with van der Waals surface area (Å²) in [6, 6.07) is 9.53. The van der Waals surface area contributed by atoms with E-state index >= 15 is 0 Å². The van der Waals surface area contributed by atoms with Crippen LogP contribution in [0.3, 0.4) is 0 Å². The summed E-state index contributed by atoms with van der Waals surface area (Å²) in [5.74, 6) is -1.07. The highest BCUT2D eigenvalue weighted by atomic mass is 32.1. The molecule has 138 valence electrons. The van der Waals surface area contributed by atoms with E-state index in [1.165, 1.54) is 0 Å². The molecule has 2 N–H and O–H groups in total. The molecule has 0 unspecified atom stereocenters. The molecule has 0 atom stereocenters. The lowest BCUT2D eigenvalue weighted by Crippen LogP contribution is -2.22. The molecule has 26 heavy (non-hydrogen) atoms. The number of benzene rings is 1. The first-order valence-corrected chi connectivity index (χ1v) is 9.22. The molecule has 0 bridgehead atoms. The van der Waals surface area contributed by atoms with Gasteiger partial charge < -0.3 is 15.4 Å². The van der Waals surface area contributed by atoms with Crippen molar-refractivity contribution < 1.29 is 19.1 Å². The minimum Gasteiger partial charge on any atom is -0.462 e. The summed E-state index contributed by atoms with van der Waals surface area (Å²) in [6.07, 6.45) is 0.273. The first-order chi connectivity index (χ1) is 12.5. The van der Waals surface area contributed by atoms with E-state index in [1.54, 1.807) is 20.8 Å². The SMILES string of the molecule is CCOC(=O)c1c(NC(=O)CC)sc(C(=O)NCc2ccccc2)c1C. The number of carbonyl (C=O) groups excluding carboxylic acids is 3. The molecule has 7 heteroatoms. The fourth-order valence-corrected chi connectivity index (χ4v) is 3.47. The van der Waals surface area contributed by atoms with E-state index in [0.29, 0.717) is 22.0 Å². The van der Waals surface area contributed by atoms with Gasteiger partial charge in [0.1, 0.15) is 5.00 Å². The van der Waals surface area contributed by atoms with E-state index in [4.69, 9.17) is 4.74 Å². The number of esters is 1. The molecule has 2 rings (SSSR count). The minimum atomic E-state index is -0.547. The Morgan fingerprint density at radius 1 is 1.12 bits per heavy atom. The summed E-state index contributed by atoms with van der Waals surface area (Å²) in [7, 11) is 0. The van der Waals surface area contributed by atoms with Gasteiger partial charge in [0.15, 0.2) is 0 Å². The molecule has 0 fully saturated rings. The Labute approximate surface area is 156 Å². The Balaban J connectivity index is 2.26. The van der Waals surface area contributed by atoms with Gasteiger partial charge in [-0.3, -0.25) is 9.59 Å². The van der Waals surface area contributed by atoms with Crippen molar-refractivity contribution in [3.63, 3.8) is 0 Å². The van der Waals surface area contributed by atoms with Gasteiger partial charge in [-0.15, -0.1) is 11.3 Å². The fraction of sp³-hybridized carbons (Fsp3) is 0.316. The van der Waals surface area contributed by atoms with Gasteiger partial charge in [-0.05, 0) is 25.0 Å². The van der Waals surface area contributed by atoms with Crippen molar-refractivity contribution in [1.29, 1.82) is 0 Å². The Hall–Kier alpha value is -2.67. The molecule has 1 heterocycles. The van der Waals surface area contributed by atoms with Crippen LogP contribution in [0, 0.1) is 6.92 Å². The lowest BCUT2D eigenvalue weighted by molar-refractivity contribution is -0.115. The first kappa shape index (κ1) is 19.7. The van der Waals surface area contributed by atoms with Crippen LogP contribution in [0.2, 0.25) is 0 Å². The largest absolute Gasteiger partial charge is 0.462 e. The smallest absolute Gasteiger partial charge is 0.341 e. The van der Waals surface area contributed by atoms with Crippen LogP contribution in [0.15, 0.2) is 30.3 Å². The molecule has 0 radical (unpaired) electrons. The summed E-state index contributed by atoms with van der Waals surface area (Å²) in [5, 5.41) is 5.87. The number of ether oxygens (including phenoxy) is 1. The molecule has 0 aliphatic carbocycles. The lowest BCUT2D eigenvalue weighted by atomic mass is 10.1. The number of rotatable bonds is 7. The number of anilines is 1. The number of carbonyl (C=O) groups is 3. The second-order valence-electron chi connectivity index (χ2n) is 5.55. The summed E-state index contributed by atoms with van der Waals surface area (Å²) in [4.78, 5) is 37.0. The molecule has 2 aromatic rings. The second kappa shape index (κ2) is 9.15. The summed E-state index contributed by atoms with van der Waals surface area (Å²) < 4.78 is 5.07. The van der Waals surface area contributed by atoms with E-state index < -0.39 is 5.97 Å². The molecule has 0 spiro atoms. The zero-order chi connectivity index (χ0) is 19.1. The summed E-state index contributed by atoms with van der Waals surface area (Å²) >= 11 is 1.08. The minimum absolute atomic E-state index is 0.213. The van der Waals surface area contributed by atoms with Crippen molar-refractivity contribution in [2.24, 2.45) is 0 Å². The van der Waals surface area contributed by atoms with Crippen molar-refractivity contribution in [3.8, 4) is 0 Å². The molecule has 0 saturated carbocycles. The van der Waals surface area contributed by atoms with E-state index in [2.05, 4.69) is 10.6 Å². The predicted octanol–water partition coefficient (Wildman–Crippen LogP) is 3.51. The van der Waals surface area contributed by atoms with Crippen molar-refractivity contribution in [2.45, 2.75) is 33.7 Å². The average Bonchev–Trinajstić information content (AvgIpc) is 2.96. The van der Waals surface area contributed by atoms with Gasteiger partial charge >= 0.3 is 5.97 Å². The van der Waals surface area contributed by atoms with E-state index in [-0.39, 0.29) is 30.4 Å². The Bertz CT molecular complexity index is 799. The molecular weight excluding hydrogens is 352 g/mol. The molecule has 0 aliphatic heterocycles. The van der Waals surface area contributed by atoms with Crippen LogP contribution in [0.25, 0.3) is 0 Å². The average molecular weight is 374 g/mol. The van der Waals surface area contributed by atoms with Gasteiger partial charge in [-0.2, -0.15) is 0 Å². The maximum absolute atomic E-state index is 12.6. The third-order valence-electron chi connectivity index (χ3n) is 3.70. The number of hydrogen-bond donors (Lipinski definition) is 2. The summed E-state index contributed by atoms with van der Waals surface area (Å²) in [5.41, 5.74) is 1.72. The zero-order valence-corrected chi connectivity index (χ0v) is 15.9. The zero-order valence-electron chi connectivity index (χ0n) is 15.0. The number of hydrogen-bond acceptors (Lipinski definition) is 5. The van der Waals surface area contributed by atoms with Crippen molar-refractivity contribution in [1.82, 2.24) is 5.32 Å². The van der Waals surface area contributed by atoms with Crippen molar-refractivity contribution in [3.05, 3.63) is 51.9 Å². The number of thiophene rings is 1. The normalized spacial score (nSPS) is 10.3. The highest BCUT2D eigenvalue weighted by Crippen LogP contribution is 2.34. The van der Waals surface area contributed by atoms with Crippen LogP contribution < -0.4 is 10.6 Å². The number of amides is 2. The van der Waals surface area contributed by atoms with E-state index in [9.17, 15) is 14.4 Å². The highest BCUT2D eigenvalue weighted by Gasteiger charge is 2.26. The van der Waals surface area contributed by atoms with Crippen molar-refractivity contribution in [2.75, 3.05) is 11.9 Å². The van der Waals surface area contributed by atoms with Crippen molar-refractivity contribution >= 4 is 34.1 Å². The third-order valence-corrected chi connectivity index (χ3v) is 4.91. The monoisotopic (exact) mass is 374 g/mol. The van der Waals surface area contributed by atoms with Crippen LogP contribution in [0.4, 0.5) is 5.00 Å². The van der Waals surface area contributed by atoms with Gasteiger partial charge in [0.2, 0.25) is 5.91 Å². The molecule has 6 nitrogen and oxygen atoms in total. The highest BCUT2D eigenvalue weighted by molar-refractivity contribution is 7.18. The molecular formula is C19H22N2O4S. The second-order valence-corrected chi connectivity index (χ2v) is 6.57. The molecule has 1 aromatic heterocycles. The predicted molar refractivity (Wildman–Crippen MR) is 102 cm³/mol. The van der Waals surface area contributed by atoms with Gasteiger partial charge in [-0.1, -0.05) is 37.3 Å². The Morgan fingerprint density at radius 2 is 1.81 bits per heavy atom. The molecule has 2 amide bonds. The van der Waals surface area contributed by atoms with Crippen LogP contribution in [-0.2, 0) is 16.1 Å². The summed E-state index contributed by atoms with van der Waals surface area (Å²) in [6.45, 7) is 5.69.